The van der Waals surface area contributed by atoms with Gasteiger partial charge in [-0.15, -0.1) is 0 Å². The summed E-state index contributed by atoms with van der Waals surface area (Å²) in [5.74, 6) is 0.136. The largest absolute Gasteiger partial charge is 0.496 e. The molecular formula is C23H22N2O4S. The number of ether oxygens (including phenoxy) is 1. The molecule has 1 amide bonds. The average molecular weight is 423 g/mol. The maximum absolute atomic E-state index is 13.0. The molecule has 1 heterocycles. The van der Waals surface area contributed by atoms with Crippen molar-refractivity contribution in [3.63, 3.8) is 0 Å². The van der Waals surface area contributed by atoms with Gasteiger partial charge in [0.2, 0.25) is 5.91 Å². The second-order valence-electron chi connectivity index (χ2n) is 7.93. The number of amides is 1. The van der Waals surface area contributed by atoms with Crippen LogP contribution in [0.5, 0.6) is 5.75 Å². The second-order valence-corrected chi connectivity index (χ2v) is 9.58. The van der Waals surface area contributed by atoms with Crippen molar-refractivity contribution in [1.29, 1.82) is 0 Å². The van der Waals surface area contributed by atoms with Gasteiger partial charge < -0.3 is 4.74 Å². The monoisotopic (exact) mass is 422 g/mol. The van der Waals surface area contributed by atoms with E-state index >= 15 is 0 Å². The molecule has 3 aromatic rings. The molecule has 1 N–H and O–H groups in total. The zero-order chi connectivity index (χ0) is 20.9. The van der Waals surface area contributed by atoms with Crippen LogP contribution in [0.2, 0.25) is 0 Å². The van der Waals surface area contributed by atoms with Crippen LogP contribution in [0.3, 0.4) is 0 Å². The van der Waals surface area contributed by atoms with Crippen LogP contribution in [0.1, 0.15) is 47.8 Å². The lowest BCUT2D eigenvalue weighted by Crippen LogP contribution is -2.40. The van der Waals surface area contributed by atoms with E-state index in [1.807, 2.05) is 6.07 Å². The van der Waals surface area contributed by atoms with Crippen LogP contribution in [0.25, 0.3) is 10.9 Å². The molecule has 6 nitrogen and oxygen atoms in total. The number of aromatic nitrogens is 1. The Morgan fingerprint density at radius 3 is 2.70 bits per heavy atom. The Balaban J connectivity index is 1.45. The van der Waals surface area contributed by atoms with E-state index in [-0.39, 0.29) is 4.90 Å². The normalized spacial score (nSPS) is 18.2. The summed E-state index contributed by atoms with van der Waals surface area (Å²) in [6, 6.07) is 12.2. The molecule has 154 valence electrons. The summed E-state index contributed by atoms with van der Waals surface area (Å²) in [7, 11) is -2.45. The van der Waals surface area contributed by atoms with Gasteiger partial charge in [0.05, 0.1) is 23.4 Å². The Bertz CT molecular complexity index is 1260. The van der Waals surface area contributed by atoms with Gasteiger partial charge in [0.1, 0.15) is 5.75 Å². The predicted molar refractivity (Wildman–Crippen MR) is 113 cm³/mol. The van der Waals surface area contributed by atoms with Crippen molar-refractivity contribution in [3.05, 3.63) is 65.4 Å². The zero-order valence-corrected chi connectivity index (χ0v) is 17.4. The summed E-state index contributed by atoms with van der Waals surface area (Å²) in [5.41, 5.74) is 3.82. The third kappa shape index (κ3) is 2.96. The molecule has 0 bridgehead atoms. The Kier molecular flexibility index (Phi) is 4.50. The van der Waals surface area contributed by atoms with Crippen LogP contribution >= 0.6 is 0 Å². The molecule has 5 rings (SSSR count). The lowest BCUT2D eigenvalue weighted by atomic mass is 9.68. The molecule has 2 aromatic carbocycles. The number of carbonyl (C=O) groups excluding carboxylic acids is 1. The Hall–Kier alpha value is -2.93. The summed E-state index contributed by atoms with van der Waals surface area (Å²) in [6.07, 6.45) is 5.71. The minimum atomic E-state index is -4.03. The smallest absolute Gasteiger partial charge is 0.264 e. The van der Waals surface area contributed by atoms with Gasteiger partial charge in [0.25, 0.3) is 10.0 Å². The Morgan fingerprint density at radius 2 is 1.97 bits per heavy atom. The van der Waals surface area contributed by atoms with Crippen LogP contribution in [-0.2, 0) is 21.2 Å². The highest BCUT2D eigenvalue weighted by molar-refractivity contribution is 7.90. The van der Waals surface area contributed by atoms with Crippen molar-refractivity contribution in [2.24, 2.45) is 0 Å². The molecule has 0 spiro atoms. The molecule has 1 atom stereocenters. The van der Waals surface area contributed by atoms with Crippen molar-refractivity contribution in [1.82, 2.24) is 9.71 Å². The van der Waals surface area contributed by atoms with Gasteiger partial charge >= 0.3 is 0 Å². The van der Waals surface area contributed by atoms with Crippen LogP contribution < -0.4 is 9.46 Å². The summed E-state index contributed by atoms with van der Waals surface area (Å²) in [6.45, 7) is 0. The van der Waals surface area contributed by atoms with E-state index in [2.05, 4.69) is 15.8 Å². The fourth-order valence-electron chi connectivity index (χ4n) is 4.52. The fraction of sp³-hybridized carbons (Fsp3) is 0.304. The van der Waals surface area contributed by atoms with Crippen LogP contribution in [0, 0.1) is 0 Å². The number of nitrogens with one attached hydrogen (secondary N) is 1. The molecule has 0 radical (unpaired) electrons. The third-order valence-electron chi connectivity index (χ3n) is 6.32. The van der Waals surface area contributed by atoms with Crippen molar-refractivity contribution in [2.75, 3.05) is 7.11 Å². The summed E-state index contributed by atoms with van der Waals surface area (Å²) < 4.78 is 33.8. The molecule has 2 aliphatic carbocycles. The van der Waals surface area contributed by atoms with Gasteiger partial charge in [-0.05, 0) is 66.6 Å². The molecule has 1 saturated carbocycles. The van der Waals surface area contributed by atoms with E-state index in [1.165, 1.54) is 30.9 Å². The molecular weight excluding hydrogens is 400 g/mol. The number of nitrogens with zero attached hydrogens (tertiary/aromatic N) is 1. The molecule has 30 heavy (non-hydrogen) atoms. The minimum absolute atomic E-state index is 0.0520. The van der Waals surface area contributed by atoms with E-state index in [0.29, 0.717) is 29.0 Å². The number of sulfonamides is 1. The number of hydrogen-bond acceptors (Lipinski definition) is 5. The SMILES string of the molecule is COc1ccc(C2CCC2)c2c1[C@H](C(=O)NS(=O)(=O)c1cccc3ncccc13)C2. The number of hydrogen-bond donors (Lipinski definition) is 1. The second kappa shape index (κ2) is 7.09. The topological polar surface area (TPSA) is 85.4 Å². The van der Waals surface area contributed by atoms with Crippen molar-refractivity contribution >= 4 is 26.8 Å². The average Bonchev–Trinajstić information content (AvgIpc) is 2.67. The van der Waals surface area contributed by atoms with Gasteiger partial charge in [-0.1, -0.05) is 18.6 Å². The lowest BCUT2D eigenvalue weighted by molar-refractivity contribution is -0.121. The van der Waals surface area contributed by atoms with Gasteiger partial charge in [-0.3, -0.25) is 9.78 Å². The first kappa shape index (κ1) is 19.1. The molecule has 7 heteroatoms. The summed E-state index contributed by atoms with van der Waals surface area (Å²) in [4.78, 5) is 17.2. The number of rotatable bonds is 5. The first-order valence-corrected chi connectivity index (χ1v) is 11.6. The number of fused-ring (bicyclic) bond motifs is 2. The third-order valence-corrected chi connectivity index (χ3v) is 7.73. The number of benzene rings is 2. The number of pyridine rings is 1. The molecule has 0 unspecified atom stereocenters. The quantitative estimate of drug-likeness (QED) is 0.678. The highest BCUT2D eigenvalue weighted by Gasteiger charge is 2.40. The molecule has 2 aliphatic rings. The fourth-order valence-corrected chi connectivity index (χ4v) is 5.75. The maximum Gasteiger partial charge on any atom is 0.264 e. The number of methoxy groups -OCH3 is 1. The predicted octanol–water partition coefficient (Wildman–Crippen LogP) is 3.66. The van der Waals surface area contributed by atoms with Crippen molar-refractivity contribution in [2.45, 2.75) is 42.4 Å². The molecule has 1 fully saturated rings. The summed E-state index contributed by atoms with van der Waals surface area (Å²) >= 11 is 0. The maximum atomic E-state index is 13.0. The summed E-state index contributed by atoms with van der Waals surface area (Å²) in [5, 5.41) is 0.485. The lowest BCUT2D eigenvalue weighted by Gasteiger charge is -2.37. The Labute approximate surface area is 175 Å². The molecule has 1 aromatic heterocycles. The van der Waals surface area contributed by atoms with Gasteiger partial charge in [-0.25, -0.2) is 13.1 Å². The molecule has 0 saturated heterocycles. The van der Waals surface area contributed by atoms with Gasteiger partial charge in [-0.2, -0.15) is 0 Å². The van der Waals surface area contributed by atoms with Gasteiger partial charge in [0.15, 0.2) is 0 Å². The van der Waals surface area contributed by atoms with E-state index in [9.17, 15) is 13.2 Å². The van der Waals surface area contributed by atoms with E-state index in [4.69, 9.17) is 4.74 Å². The highest BCUT2D eigenvalue weighted by Crippen LogP contribution is 2.49. The van der Waals surface area contributed by atoms with Crippen molar-refractivity contribution < 1.29 is 17.9 Å². The highest BCUT2D eigenvalue weighted by atomic mass is 32.2. The van der Waals surface area contributed by atoms with E-state index in [0.717, 1.165) is 11.1 Å². The molecule has 0 aliphatic heterocycles. The van der Waals surface area contributed by atoms with Crippen LogP contribution in [-0.4, -0.2) is 26.4 Å². The van der Waals surface area contributed by atoms with Crippen molar-refractivity contribution in [3.8, 4) is 5.75 Å². The first-order chi connectivity index (χ1) is 14.5. The minimum Gasteiger partial charge on any atom is -0.496 e. The van der Waals surface area contributed by atoms with Crippen LogP contribution in [0.4, 0.5) is 0 Å². The number of carbonyl (C=O) groups is 1. The van der Waals surface area contributed by atoms with E-state index in [1.54, 1.807) is 37.6 Å². The van der Waals surface area contributed by atoms with Gasteiger partial charge in [0, 0.05) is 17.1 Å². The zero-order valence-electron chi connectivity index (χ0n) is 16.6. The van der Waals surface area contributed by atoms with E-state index < -0.39 is 21.8 Å². The van der Waals surface area contributed by atoms with Crippen LogP contribution in [0.15, 0.2) is 53.6 Å². The first-order valence-electron chi connectivity index (χ1n) is 10.1. The standard InChI is InChI=1S/C23H22N2O4S/c1-29-20-11-10-15(14-5-2-6-14)17-13-18(22(17)20)23(26)25-30(27,28)21-9-3-8-19-16(21)7-4-12-24-19/h3-4,7-12,14,18H,2,5-6,13H2,1H3,(H,25,26)/t18-/m1/s1. The Morgan fingerprint density at radius 1 is 1.13 bits per heavy atom.